The quantitative estimate of drug-likeness (QED) is 0.812. The first-order chi connectivity index (χ1) is 10.8. The lowest BCUT2D eigenvalue weighted by molar-refractivity contribution is 0.107. The molecule has 1 aliphatic rings. The second-order valence-corrected chi connectivity index (χ2v) is 5.73. The smallest absolute Gasteiger partial charge is 0.243 e. The Bertz CT molecular complexity index is 594. The summed E-state index contributed by atoms with van der Waals surface area (Å²) in [5, 5.41) is 3.93. The van der Waals surface area contributed by atoms with E-state index in [-0.39, 0.29) is 6.04 Å². The van der Waals surface area contributed by atoms with Gasteiger partial charge in [-0.3, -0.25) is 4.90 Å². The maximum Gasteiger partial charge on any atom is 0.243 e. The summed E-state index contributed by atoms with van der Waals surface area (Å²) in [5.74, 6) is 1.44. The van der Waals surface area contributed by atoms with E-state index < -0.39 is 0 Å². The number of ether oxygens (including phenoxy) is 1. The number of likely N-dealkylation sites (tertiary alicyclic amines) is 1. The standard InChI is InChI=1S/C15H23N5O2/c1-12-17-15(22-18-12)14-5-3-4-6-19(14)10-13-9-16-11-20(13)7-8-21-2/h9,11,14H,3-8,10H2,1-2H3. The Balaban J connectivity index is 1.73. The van der Waals surface area contributed by atoms with Crippen LogP contribution in [0.2, 0.25) is 0 Å². The third-order valence-electron chi connectivity index (χ3n) is 4.14. The molecule has 7 heteroatoms. The summed E-state index contributed by atoms with van der Waals surface area (Å²) in [6, 6.07) is 0.209. The summed E-state index contributed by atoms with van der Waals surface area (Å²) in [5.41, 5.74) is 1.19. The Labute approximate surface area is 130 Å². The Morgan fingerprint density at radius 2 is 2.32 bits per heavy atom. The topological polar surface area (TPSA) is 69.2 Å². The van der Waals surface area contributed by atoms with E-state index in [1.165, 1.54) is 18.5 Å². The molecule has 3 rings (SSSR count). The van der Waals surface area contributed by atoms with E-state index in [2.05, 4.69) is 24.6 Å². The lowest BCUT2D eigenvalue weighted by atomic mass is 10.0. The number of hydrogen-bond acceptors (Lipinski definition) is 6. The predicted molar refractivity (Wildman–Crippen MR) is 80.1 cm³/mol. The SMILES string of the molecule is COCCn1cncc1CN1CCCCC1c1nc(C)no1. The second kappa shape index (κ2) is 7.02. The second-order valence-electron chi connectivity index (χ2n) is 5.73. The normalized spacial score (nSPS) is 19.6. The lowest BCUT2D eigenvalue weighted by Crippen LogP contribution is -2.34. The molecule has 1 atom stereocenters. The van der Waals surface area contributed by atoms with Crippen molar-refractivity contribution in [1.82, 2.24) is 24.6 Å². The summed E-state index contributed by atoms with van der Waals surface area (Å²) in [4.78, 5) is 11.1. The van der Waals surface area contributed by atoms with Crippen LogP contribution in [0.25, 0.3) is 0 Å². The fourth-order valence-corrected chi connectivity index (χ4v) is 2.99. The molecule has 0 bridgehead atoms. The molecule has 1 saturated heterocycles. The first kappa shape index (κ1) is 15.2. The van der Waals surface area contributed by atoms with Crippen LogP contribution in [-0.4, -0.2) is 44.9 Å². The molecule has 2 aromatic rings. The van der Waals surface area contributed by atoms with Gasteiger partial charge in [0.1, 0.15) is 0 Å². The zero-order valence-electron chi connectivity index (χ0n) is 13.2. The molecule has 0 saturated carbocycles. The Hall–Kier alpha value is -1.73. The van der Waals surface area contributed by atoms with E-state index in [9.17, 15) is 0 Å². The van der Waals surface area contributed by atoms with Crippen molar-refractivity contribution in [2.45, 2.75) is 45.3 Å². The van der Waals surface area contributed by atoms with Gasteiger partial charge < -0.3 is 13.8 Å². The van der Waals surface area contributed by atoms with Gasteiger partial charge in [0.15, 0.2) is 5.82 Å². The monoisotopic (exact) mass is 305 g/mol. The molecule has 1 unspecified atom stereocenters. The number of rotatable bonds is 6. The van der Waals surface area contributed by atoms with E-state index in [0.717, 1.165) is 31.9 Å². The zero-order chi connectivity index (χ0) is 15.4. The molecule has 7 nitrogen and oxygen atoms in total. The van der Waals surface area contributed by atoms with Crippen LogP contribution in [0.4, 0.5) is 0 Å². The highest BCUT2D eigenvalue weighted by molar-refractivity contribution is 5.02. The van der Waals surface area contributed by atoms with Gasteiger partial charge in [0.2, 0.25) is 5.89 Å². The number of imidazole rings is 1. The molecular weight excluding hydrogens is 282 g/mol. The minimum absolute atomic E-state index is 0.209. The van der Waals surface area contributed by atoms with E-state index in [1.807, 2.05) is 19.4 Å². The fourth-order valence-electron chi connectivity index (χ4n) is 2.99. The van der Waals surface area contributed by atoms with Gasteiger partial charge in [-0.25, -0.2) is 4.98 Å². The number of aromatic nitrogens is 4. The average Bonchev–Trinajstić information content (AvgIpc) is 3.15. The molecule has 0 N–H and O–H groups in total. The van der Waals surface area contributed by atoms with E-state index in [1.54, 1.807) is 7.11 Å². The van der Waals surface area contributed by atoms with Crippen molar-refractivity contribution >= 4 is 0 Å². The van der Waals surface area contributed by atoms with Crippen LogP contribution in [0.5, 0.6) is 0 Å². The van der Waals surface area contributed by atoms with Crippen LogP contribution in [0.15, 0.2) is 17.0 Å². The van der Waals surface area contributed by atoms with Crippen molar-refractivity contribution in [3.05, 3.63) is 29.9 Å². The highest BCUT2D eigenvalue weighted by atomic mass is 16.5. The summed E-state index contributed by atoms with van der Waals surface area (Å²) in [6.07, 6.45) is 7.26. The Morgan fingerprint density at radius 3 is 3.09 bits per heavy atom. The van der Waals surface area contributed by atoms with Gasteiger partial charge in [-0.2, -0.15) is 4.98 Å². The number of aryl methyl sites for hydroxylation is 1. The lowest BCUT2D eigenvalue weighted by Gasteiger charge is -2.33. The van der Waals surface area contributed by atoms with Crippen molar-refractivity contribution in [1.29, 1.82) is 0 Å². The van der Waals surface area contributed by atoms with E-state index >= 15 is 0 Å². The van der Waals surface area contributed by atoms with Crippen LogP contribution in [-0.2, 0) is 17.8 Å². The Kier molecular flexibility index (Phi) is 4.84. The van der Waals surface area contributed by atoms with Crippen molar-refractivity contribution in [3.8, 4) is 0 Å². The van der Waals surface area contributed by atoms with Gasteiger partial charge in [0.05, 0.1) is 24.7 Å². The van der Waals surface area contributed by atoms with Crippen LogP contribution >= 0.6 is 0 Å². The highest BCUT2D eigenvalue weighted by Crippen LogP contribution is 2.31. The maximum absolute atomic E-state index is 5.40. The Morgan fingerprint density at radius 1 is 1.41 bits per heavy atom. The number of piperidine rings is 1. The summed E-state index contributed by atoms with van der Waals surface area (Å²) >= 11 is 0. The molecule has 0 radical (unpaired) electrons. The maximum atomic E-state index is 5.40. The minimum Gasteiger partial charge on any atom is -0.383 e. The number of methoxy groups -OCH3 is 1. The number of hydrogen-bond donors (Lipinski definition) is 0. The molecule has 0 amide bonds. The largest absolute Gasteiger partial charge is 0.383 e. The van der Waals surface area contributed by atoms with Crippen molar-refractivity contribution in [2.75, 3.05) is 20.3 Å². The van der Waals surface area contributed by atoms with Crippen molar-refractivity contribution in [3.63, 3.8) is 0 Å². The van der Waals surface area contributed by atoms with Crippen molar-refractivity contribution < 1.29 is 9.26 Å². The summed E-state index contributed by atoms with van der Waals surface area (Å²) in [7, 11) is 1.72. The first-order valence-electron chi connectivity index (χ1n) is 7.80. The molecular formula is C15H23N5O2. The third kappa shape index (κ3) is 3.36. The molecule has 0 aliphatic carbocycles. The molecule has 3 heterocycles. The van der Waals surface area contributed by atoms with Gasteiger partial charge in [-0.05, 0) is 26.3 Å². The molecule has 120 valence electrons. The van der Waals surface area contributed by atoms with E-state index in [4.69, 9.17) is 9.26 Å². The fraction of sp³-hybridized carbons (Fsp3) is 0.667. The van der Waals surface area contributed by atoms with E-state index in [0.29, 0.717) is 12.4 Å². The van der Waals surface area contributed by atoms with Crippen LogP contribution in [0.1, 0.15) is 42.7 Å². The van der Waals surface area contributed by atoms with Gasteiger partial charge in [-0.15, -0.1) is 0 Å². The summed E-state index contributed by atoms with van der Waals surface area (Å²) < 4.78 is 12.7. The van der Waals surface area contributed by atoms with Crippen LogP contribution < -0.4 is 0 Å². The molecule has 1 fully saturated rings. The van der Waals surface area contributed by atoms with Gasteiger partial charge in [0, 0.05) is 26.4 Å². The minimum atomic E-state index is 0.209. The van der Waals surface area contributed by atoms with Crippen LogP contribution in [0.3, 0.4) is 0 Å². The van der Waals surface area contributed by atoms with Gasteiger partial charge in [0.25, 0.3) is 0 Å². The van der Waals surface area contributed by atoms with Gasteiger partial charge in [-0.1, -0.05) is 11.6 Å². The molecule has 0 spiro atoms. The zero-order valence-corrected chi connectivity index (χ0v) is 13.2. The molecule has 2 aromatic heterocycles. The number of nitrogens with zero attached hydrogens (tertiary/aromatic N) is 5. The third-order valence-corrected chi connectivity index (χ3v) is 4.14. The predicted octanol–water partition coefficient (Wildman–Crippen LogP) is 1.95. The molecule has 0 aromatic carbocycles. The van der Waals surface area contributed by atoms with Gasteiger partial charge >= 0.3 is 0 Å². The molecule has 1 aliphatic heterocycles. The first-order valence-corrected chi connectivity index (χ1v) is 7.80. The van der Waals surface area contributed by atoms with Crippen LogP contribution in [0, 0.1) is 6.92 Å². The highest BCUT2D eigenvalue weighted by Gasteiger charge is 2.29. The van der Waals surface area contributed by atoms with Crippen molar-refractivity contribution in [2.24, 2.45) is 0 Å². The molecule has 22 heavy (non-hydrogen) atoms. The summed E-state index contributed by atoms with van der Waals surface area (Å²) in [6.45, 7) is 5.26. The average molecular weight is 305 g/mol.